The smallest absolute Gasteiger partial charge is 0.161 e. The molecular weight excluding hydrogens is 233 g/mol. The van der Waals surface area contributed by atoms with Gasteiger partial charge in [0.2, 0.25) is 0 Å². The Kier molecular flexibility index (Phi) is 7.18. The molecule has 0 fully saturated rings. The van der Waals surface area contributed by atoms with Crippen LogP contribution < -0.4 is 14.8 Å². The molecule has 1 aromatic carbocycles. The maximum absolute atomic E-state index is 12.1. The van der Waals surface area contributed by atoms with Gasteiger partial charge in [0.05, 0.1) is 6.61 Å². The van der Waals surface area contributed by atoms with Crippen LogP contribution in [0.3, 0.4) is 0 Å². The highest BCUT2D eigenvalue weighted by molar-refractivity contribution is 5.43. The zero-order valence-electron chi connectivity index (χ0n) is 11.2. The molecule has 1 N–H and O–H groups in total. The standard InChI is InChI=1S/C14H22FNO2/c1-3-8-16-11-12-5-6-13(18-9-7-15)14(10-12)17-4-2/h5-6,10,16H,3-4,7-9,11H2,1-2H3. The maximum atomic E-state index is 12.1. The molecule has 18 heavy (non-hydrogen) atoms. The van der Waals surface area contributed by atoms with E-state index in [4.69, 9.17) is 9.47 Å². The fraction of sp³-hybridized carbons (Fsp3) is 0.571. The Morgan fingerprint density at radius 2 is 2.00 bits per heavy atom. The number of rotatable bonds is 9. The number of alkyl halides is 1. The average molecular weight is 255 g/mol. The minimum absolute atomic E-state index is 0.0630. The monoisotopic (exact) mass is 255 g/mol. The van der Waals surface area contributed by atoms with Crippen LogP contribution in [0.1, 0.15) is 25.8 Å². The predicted octanol–water partition coefficient (Wildman–Crippen LogP) is 2.93. The lowest BCUT2D eigenvalue weighted by atomic mass is 10.2. The molecule has 0 heterocycles. The molecule has 3 nitrogen and oxygen atoms in total. The number of halogens is 1. The van der Waals surface area contributed by atoms with Crippen molar-refractivity contribution in [3.8, 4) is 11.5 Å². The van der Waals surface area contributed by atoms with E-state index < -0.39 is 6.67 Å². The van der Waals surface area contributed by atoms with E-state index in [1.807, 2.05) is 25.1 Å². The summed E-state index contributed by atoms with van der Waals surface area (Å²) in [5.41, 5.74) is 1.14. The quantitative estimate of drug-likeness (QED) is 0.688. The lowest BCUT2D eigenvalue weighted by Gasteiger charge is -2.13. The van der Waals surface area contributed by atoms with Gasteiger partial charge in [-0.05, 0) is 37.6 Å². The number of benzene rings is 1. The van der Waals surface area contributed by atoms with Gasteiger partial charge < -0.3 is 14.8 Å². The lowest BCUT2D eigenvalue weighted by Crippen LogP contribution is -2.14. The van der Waals surface area contributed by atoms with Crippen molar-refractivity contribution < 1.29 is 13.9 Å². The maximum Gasteiger partial charge on any atom is 0.161 e. The van der Waals surface area contributed by atoms with E-state index >= 15 is 0 Å². The van der Waals surface area contributed by atoms with E-state index in [9.17, 15) is 4.39 Å². The van der Waals surface area contributed by atoms with Crippen LogP contribution in [0.15, 0.2) is 18.2 Å². The van der Waals surface area contributed by atoms with Crippen molar-refractivity contribution in [2.75, 3.05) is 26.4 Å². The molecule has 0 aliphatic carbocycles. The molecular formula is C14H22FNO2. The minimum Gasteiger partial charge on any atom is -0.490 e. The van der Waals surface area contributed by atoms with Crippen LogP contribution >= 0.6 is 0 Å². The van der Waals surface area contributed by atoms with Gasteiger partial charge in [-0.1, -0.05) is 13.0 Å². The van der Waals surface area contributed by atoms with Crippen LogP contribution in [0.25, 0.3) is 0 Å². The second-order valence-electron chi connectivity index (χ2n) is 3.93. The Labute approximate surface area is 108 Å². The molecule has 1 aromatic rings. The summed E-state index contributed by atoms with van der Waals surface area (Å²) in [6.07, 6.45) is 1.11. The van der Waals surface area contributed by atoms with Crippen LogP contribution in [0.2, 0.25) is 0 Å². The molecule has 1 rings (SSSR count). The molecule has 0 saturated carbocycles. The summed E-state index contributed by atoms with van der Waals surface area (Å²) in [5, 5.41) is 3.33. The van der Waals surface area contributed by atoms with Crippen LogP contribution in [-0.4, -0.2) is 26.4 Å². The molecule has 0 aliphatic heterocycles. The van der Waals surface area contributed by atoms with Crippen molar-refractivity contribution in [3.05, 3.63) is 23.8 Å². The highest BCUT2D eigenvalue weighted by atomic mass is 19.1. The second-order valence-corrected chi connectivity index (χ2v) is 3.93. The van der Waals surface area contributed by atoms with Crippen LogP contribution in [0.4, 0.5) is 4.39 Å². The van der Waals surface area contributed by atoms with E-state index in [1.165, 1.54) is 0 Å². The van der Waals surface area contributed by atoms with Gasteiger partial charge in [0, 0.05) is 6.54 Å². The summed E-state index contributed by atoms with van der Waals surface area (Å²) in [6, 6.07) is 5.75. The fourth-order valence-corrected chi connectivity index (χ4v) is 1.61. The van der Waals surface area contributed by atoms with Gasteiger partial charge in [-0.3, -0.25) is 0 Å². The highest BCUT2D eigenvalue weighted by Gasteiger charge is 2.06. The van der Waals surface area contributed by atoms with Gasteiger partial charge in [-0.25, -0.2) is 4.39 Å². The Morgan fingerprint density at radius 3 is 2.67 bits per heavy atom. The first kappa shape index (κ1) is 14.8. The zero-order valence-corrected chi connectivity index (χ0v) is 11.2. The zero-order chi connectivity index (χ0) is 13.2. The molecule has 0 aliphatic rings. The largest absolute Gasteiger partial charge is 0.490 e. The summed E-state index contributed by atoms with van der Waals surface area (Å²) in [6.45, 7) is 5.98. The summed E-state index contributed by atoms with van der Waals surface area (Å²) < 4.78 is 22.9. The van der Waals surface area contributed by atoms with E-state index in [2.05, 4.69) is 12.2 Å². The van der Waals surface area contributed by atoms with Gasteiger partial charge in [0.15, 0.2) is 11.5 Å². The molecule has 0 aromatic heterocycles. The Morgan fingerprint density at radius 1 is 1.17 bits per heavy atom. The molecule has 0 atom stereocenters. The molecule has 0 unspecified atom stereocenters. The van der Waals surface area contributed by atoms with Crippen molar-refractivity contribution in [1.82, 2.24) is 5.32 Å². The van der Waals surface area contributed by atoms with Crippen molar-refractivity contribution in [2.45, 2.75) is 26.8 Å². The SMILES string of the molecule is CCCNCc1ccc(OCCF)c(OCC)c1. The van der Waals surface area contributed by atoms with Gasteiger partial charge in [0.25, 0.3) is 0 Å². The third-order valence-corrected chi connectivity index (χ3v) is 2.40. The van der Waals surface area contributed by atoms with E-state index in [0.29, 0.717) is 18.1 Å². The molecule has 4 heteroatoms. The van der Waals surface area contributed by atoms with Gasteiger partial charge in [0.1, 0.15) is 13.3 Å². The van der Waals surface area contributed by atoms with E-state index in [-0.39, 0.29) is 6.61 Å². The molecule has 0 bridgehead atoms. The van der Waals surface area contributed by atoms with Crippen molar-refractivity contribution in [2.24, 2.45) is 0 Å². The van der Waals surface area contributed by atoms with Crippen LogP contribution in [0.5, 0.6) is 11.5 Å². The van der Waals surface area contributed by atoms with E-state index in [1.54, 1.807) is 0 Å². The summed E-state index contributed by atoms with van der Waals surface area (Å²) >= 11 is 0. The summed E-state index contributed by atoms with van der Waals surface area (Å²) in [7, 11) is 0. The lowest BCUT2D eigenvalue weighted by molar-refractivity contribution is 0.251. The number of hydrogen-bond donors (Lipinski definition) is 1. The first-order valence-corrected chi connectivity index (χ1v) is 6.47. The predicted molar refractivity (Wildman–Crippen MR) is 71.1 cm³/mol. The van der Waals surface area contributed by atoms with Gasteiger partial charge >= 0.3 is 0 Å². The number of ether oxygens (including phenoxy) is 2. The normalized spacial score (nSPS) is 10.4. The minimum atomic E-state index is -0.495. The van der Waals surface area contributed by atoms with Crippen molar-refractivity contribution in [3.63, 3.8) is 0 Å². The first-order valence-electron chi connectivity index (χ1n) is 6.47. The van der Waals surface area contributed by atoms with Crippen LogP contribution in [-0.2, 0) is 6.54 Å². The van der Waals surface area contributed by atoms with Crippen LogP contribution in [0, 0.1) is 0 Å². The molecule has 102 valence electrons. The molecule has 0 radical (unpaired) electrons. The molecule has 0 saturated heterocycles. The second kappa shape index (κ2) is 8.75. The summed E-state index contributed by atoms with van der Waals surface area (Å²) in [5.74, 6) is 1.29. The number of nitrogens with one attached hydrogen (secondary N) is 1. The van der Waals surface area contributed by atoms with Gasteiger partial charge in [-0.15, -0.1) is 0 Å². The topological polar surface area (TPSA) is 30.5 Å². The fourth-order valence-electron chi connectivity index (χ4n) is 1.61. The van der Waals surface area contributed by atoms with Crippen molar-refractivity contribution in [1.29, 1.82) is 0 Å². The Bertz CT molecular complexity index is 345. The molecule has 0 amide bonds. The Balaban J connectivity index is 2.68. The van der Waals surface area contributed by atoms with E-state index in [0.717, 1.165) is 25.1 Å². The first-order chi connectivity index (χ1) is 8.81. The number of hydrogen-bond acceptors (Lipinski definition) is 3. The molecule has 0 spiro atoms. The highest BCUT2D eigenvalue weighted by Crippen LogP contribution is 2.28. The Hall–Kier alpha value is -1.29. The third kappa shape index (κ3) is 4.92. The average Bonchev–Trinajstić information content (AvgIpc) is 2.38. The van der Waals surface area contributed by atoms with Crippen molar-refractivity contribution >= 4 is 0 Å². The van der Waals surface area contributed by atoms with Gasteiger partial charge in [-0.2, -0.15) is 0 Å². The summed E-state index contributed by atoms with van der Waals surface area (Å²) in [4.78, 5) is 0. The third-order valence-electron chi connectivity index (χ3n) is 2.40.